The molecule has 1 aromatic carbocycles. The lowest BCUT2D eigenvalue weighted by molar-refractivity contribution is -0.151. The number of nitrogens with zero attached hydrogens (tertiary/aromatic N) is 4. The minimum Gasteiger partial charge on any atom is -0.466 e. The highest BCUT2D eigenvalue weighted by molar-refractivity contribution is 5.73. The zero-order chi connectivity index (χ0) is 22.5. The Kier molecular flexibility index (Phi) is 6.90. The summed E-state index contributed by atoms with van der Waals surface area (Å²) < 4.78 is 10.5. The molecule has 0 saturated heterocycles. The minimum absolute atomic E-state index is 0.0137. The van der Waals surface area contributed by atoms with Crippen molar-refractivity contribution < 1.29 is 14.1 Å². The lowest BCUT2D eigenvalue weighted by Gasteiger charge is -2.34. The van der Waals surface area contributed by atoms with Crippen LogP contribution in [0.2, 0.25) is 0 Å². The van der Waals surface area contributed by atoms with E-state index in [1.54, 1.807) is 12.4 Å². The number of carbonyl (C=O) groups is 1. The average molecular weight is 436 g/mol. The SMILES string of the molecule is CCOC(=O)[C@H]1C[C@@H](NCc2cnc(-c3noc(-c4ccc(CC(C)C)cc4)n3)cn2)C1. The Morgan fingerprint density at radius 3 is 2.62 bits per heavy atom. The summed E-state index contributed by atoms with van der Waals surface area (Å²) in [5, 5.41) is 7.46. The fraction of sp³-hybridized carbons (Fsp3) is 0.458. The predicted molar refractivity (Wildman–Crippen MR) is 119 cm³/mol. The van der Waals surface area contributed by atoms with Crippen molar-refractivity contribution in [1.82, 2.24) is 25.4 Å². The van der Waals surface area contributed by atoms with Crippen molar-refractivity contribution in [2.75, 3.05) is 6.61 Å². The summed E-state index contributed by atoms with van der Waals surface area (Å²) in [7, 11) is 0. The van der Waals surface area contributed by atoms with Gasteiger partial charge in [0.1, 0.15) is 5.69 Å². The molecule has 168 valence electrons. The highest BCUT2D eigenvalue weighted by Crippen LogP contribution is 2.28. The van der Waals surface area contributed by atoms with E-state index in [0.29, 0.717) is 42.5 Å². The van der Waals surface area contributed by atoms with E-state index in [1.165, 1.54) is 5.56 Å². The van der Waals surface area contributed by atoms with E-state index in [0.717, 1.165) is 30.5 Å². The van der Waals surface area contributed by atoms with Crippen LogP contribution in [0.4, 0.5) is 0 Å². The van der Waals surface area contributed by atoms with Gasteiger partial charge in [-0.3, -0.25) is 9.78 Å². The Morgan fingerprint density at radius 1 is 1.19 bits per heavy atom. The second kappa shape index (κ2) is 9.99. The maximum absolute atomic E-state index is 11.7. The van der Waals surface area contributed by atoms with Crippen molar-refractivity contribution >= 4 is 5.97 Å². The number of hydrogen-bond donors (Lipinski definition) is 1. The van der Waals surface area contributed by atoms with Crippen LogP contribution in [0, 0.1) is 11.8 Å². The fourth-order valence-electron chi connectivity index (χ4n) is 3.75. The first kappa shape index (κ1) is 22.1. The van der Waals surface area contributed by atoms with E-state index < -0.39 is 0 Å². The Labute approximate surface area is 187 Å². The van der Waals surface area contributed by atoms with Gasteiger partial charge in [0.2, 0.25) is 5.82 Å². The normalized spacial score (nSPS) is 17.9. The monoisotopic (exact) mass is 435 g/mol. The molecule has 0 aliphatic heterocycles. The summed E-state index contributed by atoms with van der Waals surface area (Å²) in [4.78, 5) is 25.0. The molecule has 1 saturated carbocycles. The van der Waals surface area contributed by atoms with Crippen LogP contribution in [0.25, 0.3) is 23.0 Å². The number of nitrogens with one attached hydrogen (secondary N) is 1. The maximum Gasteiger partial charge on any atom is 0.309 e. The summed E-state index contributed by atoms with van der Waals surface area (Å²) in [6.45, 7) is 7.26. The third kappa shape index (κ3) is 5.37. The fourth-order valence-corrected chi connectivity index (χ4v) is 3.75. The molecule has 3 aromatic rings. The third-order valence-electron chi connectivity index (χ3n) is 5.54. The largest absolute Gasteiger partial charge is 0.466 e. The topological polar surface area (TPSA) is 103 Å². The van der Waals surface area contributed by atoms with E-state index in [1.807, 2.05) is 19.1 Å². The highest BCUT2D eigenvalue weighted by atomic mass is 16.5. The number of ether oxygens (including phenoxy) is 1. The number of hydrogen-bond acceptors (Lipinski definition) is 8. The molecule has 1 N–H and O–H groups in total. The Hall–Kier alpha value is -3.13. The van der Waals surface area contributed by atoms with Crippen LogP contribution in [0.3, 0.4) is 0 Å². The number of carbonyl (C=O) groups excluding carboxylic acids is 1. The molecule has 8 nitrogen and oxygen atoms in total. The van der Waals surface area contributed by atoms with Gasteiger partial charge in [-0.2, -0.15) is 4.98 Å². The Morgan fingerprint density at radius 2 is 1.97 bits per heavy atom. The van der Waals surface area contributed by atoms with Gasteiger partial charge in [-0.05, 0) is 49.8 Å². The van der Waals surface area contributed by atoms with Crippen LogP contribution in [0.1, 0.15) is 44.9 Å². The van der Waals surface area contributed by atoms with Crippen molar-refractivity contribution in [1.29, 1.82) is 0 Å². The molecular formula is C24H29N5O3. The molecule has 8 heteroatoms. The Bertz CT molecular complexity index is 1020. The van der Waals surface area contributed by atoms with Crippen molar-refractivity contribution in [3.05, 3.63) is 47.9 Å². The zero-order valence-electron chi connectivity index (χ0n) is 18.7. The molecule has 0 amide bonds. The first-order valence-corrected chi connectivity index (χ1v) is 11.2. The molecule has 0 spiro atoms. The molecule has 1 aliphatic carbocycles. The number of esters is 1. The molecule has 1 fully saturated rings. The average Bonchev–Trinajstić information content (AvgIpc) is 3.23. The maximum atomic E-state index is 11.7. The molecule has 2 heterocycles. The van der Waals surface area contributed by atoms with Gasteiger partial charge in [-0.15, -0.1) is 0 Å². The van der Waals surface area contributed by atoms with Gasteiger partial charge in [0.25, 0.3) is 5.89 Å². The molecule has 32 heavy (non-hydrogen) atoms. The minimum atomic E-state index is -0.0966. The van der Waals surface area contributed by atoms with Crippen LogP contribution in [0.15, 0.2) is 41.2 Å². The van der Waals surface area contributed by atoms with Crippen molar-refractivity contribution in [3.63, 3.8) is 0 Å². The first-order valence-electron chi connectivity index (χ1n) is 11.2. The van der Waals surface area contributed by atoms with Gasteiger partial charge in [0.05, 0.1) is 30.6 Å². The molecule has 1 aliphatic rings. The second-order valence-electron chi connectivity index (χ2n) is 8.61. The van der Waals surface area contributed by atoms with Gasteiger partial charge in [0, 0.05) is 18.2 Å². The van der Waals surface area contributed by atoms with E-state index in [-0.39, 0.29) is 11.9 Å². The van der Waals surface area contributed by atoms with E-state index in [2.05, 4.69) is 51.4 Å². The molecule has 0 bridgehead atoms. The van der Waals surface area contributed by atoms with Gasteiger partial charge < -0.3 is 14.6 Å². The molecule has 0 atom stereocenters. The van der Waals surface area contributed by atoms with E-state index >= 15 is 0 Å². The number of aromatic nitrogens is 4. The second-order valence-corrected chi connectivity index (χ2v) is 8.61. The predicted octanol–water partition coefficient (Wildman–Crippen LogP) is 3.82. The van der Waals surface area contributed by atoms with Crippen LogP contribution in [-0.2, 0) is 22.5 Å². The quantitative estimate of drug-likeness (QED) is 0.506. The van der Waals surface area contributed by atoms with E-state index in [9.17, 15) is 4.79 Å². The van der Waals surface area contributed by atoms with Crippen LogP contribution >= 0.6 is 0 Å². The number of benzene rings is 1. The Balaban J connectivity index is 1.30. The van der Waals surface area contributed by atoms with Crippen molar-refractivity contribution in [3.8, 4) is 23.0 Å². The highest BCUT2D eigenvalue weighted by Gasteiger charge is 2.35. The molecule has 2 aromatic heterocycles. The van der Waals surface area contributed by atoms with Gasteiger partial charge in [-0.25, -0.2) is 4.98 Å². The lowest BCUT2D eigenvalue weighted by Crippen LogP contribution is -2.44. The molecule has 0 unspecified atom stereocenters. The molecular weight excluding hydrogens is 406 g/mol. The summed E-state index contributed by atoms with van der Waals surface area (Å²) in [6.07, 6.45) is 6.00. The summed E-state index contributed by atoms with van der Waals surface area (Å²) >= 11 is 0. The molecule has 4 rings (SSSR count). The zero-order valence-corrected chi connectivity index (χ0v) is 18.7. The van der Waals surface area contributed by atoms with E-state index in [4.69, 9.17) is 9.26 Å². The van der Waals surface area contributed by atoms with Gasteiger partial charge in [0.15, 0.2) is 0 Å². The number of rotatable bonds is 9. The standard InChI is InChI=1S/C24H29N5O3/c1-4-31-24(30)18-10-19(11-18)25-12-20-13-27-21(14-26-20)22-28-23(32-29-22)17-7-5-16(6-8-17)9-15(2)3/h5-8,13-15,18-19,25H,4,9-12H2,1-3H3/t18-,19+. The van der Waals surface area contributed by atoms with Crippen LogP contribution in [0.5, 0.6) is 0 Å². The lowest BCUT2D eigenvalue weighted by atomic mass is 9.80. The van der Waals surface area contributed by atoms with Crippen LogP contribution in [-0.4, -0.2) is 38.7 Å². The van der Waals surface area contributed by atoms with Crippen molar-refractivity contribution in [2.24, 2.45) is 11.8 Å². The van der Waals surface area contributed by atoms with Crippen LogP contribution < -0.4 is 5.32 Å². The summed E-state index contributed by atoms with van der Waals surface area (Å²) in [5.74, 6) is 1.41. The summed E-state index contributed by atoms with van der Waals surface area (Å²) in [6, 6.07) is 8.50. The first-order chi connectivity index (χ1) is 15.5. The smallest absolute Gasteiger partial charge is 0.309 e. The van der Waals surface area contributed by atoms with Gasteiger partial charge >= 0.3 is 5.97 Å². The summed E-state index contributed by atoms with van der Waals surface area (Å²) in [5.41, 5.74) is 3.55. The van der Waals surface area contributed by atoms with Crippen molar-refractivity contribution in [2.45, 2.75) is 52.6 Å². The van der Waals surface area contributed by atoms with Gasteiger partial charge in [-0.1, -0.05) is 31.1 Å². The third-order valence-corrected chi connectivity index (χ3v) is 5.54. The molecule has 0 radical (unpaired) electrons.